The standard InChI is InChI=1S/C23H32N6O/c1-5-27-11-13-28(14-12-27)22-19-15-29(10-9-20(19)24-18(4)25-22)23(30)26-21-16(2)7-6-8-17(21)3/h6-8H,5,9-15H2,1-4H3,(H,26,30). The average Bonchev–Trinajstić information content (AvgIpc) is 2.75. The van der Waals surface area contributed by atoms with Crippen LogP contribution in [-0.2, 0) is 13.0 Å². The van der Waals surface area contributed by atoms with Crippen LogP contribution < -0.4 is 10.2 Å². The van der Waals surface area contributed by atoms with Gasteiger partial charge < -0.3 is 20.0 Å². The molecule has 7 nitrogen and oxygen atoms in total. The zero-order chi connectivity index (χ0) is 21.3. The fraction of sp³-hybridized carbons (Fsp3) is 0.522. The number of nitrogens with zero attached hydrogens (tertiary/aromatic N) is 5. The van der Waals surface area contributed by atoms with E-state index < -0.39 is 0 Å². The van der Waals surface area contributed by atoms with Gasteiger partial charge in [-0.2, -0.15) is 0 Å². The SMILES string of the molecule is CCN1CCN(c2nc(C)nc3c2CN(C(=O)Nc2c(C)cccc2C)CC3)CC1. The van der Waals surface area contributed by atoms with E-state index in [1.165, 1.54) is 0 Å². The average molecular weight is 409 g/mol. The predicted molar refractivity (Wildman–Crippen MR) is 120 cm³/mol. The van der Waals surface area contributed by atoms with Gasteiger partial charge in [-0.25, -0.2) is 14.8 Å². The molecule has 2 aliphatic rings. The molecule has 3 heterocycles. The van der Waals surface area contributed by atoms with Gasteiger partial charge in [0, 0.05) is 50.4 Å². The molecule has 1 saturated heterocycles. The van der Waals surface area contributed by atoms with Gasteiger partial charge in [0.15, 0.2) is 0 Å². The van der Waals surface area contributed by atoms with E-state index in [-0.39, 0.29) is 6.03 Å². The van der Waals surface area contributed by atoms with Gasteiger partial charge in [0.05, 0.1) is 12.2 Å². The van der Waals surface area contributed by atoms with Crippen LogP contribution in [0.2, 0.25) is 0 Å². The van der Waals surface area contributed by atoms with Gasteiger partial charge >= 0.3 is 6.03 Å². The van der Waals surface area contributed by atoms with Crippen molar-refractivity contribution >= 4 is 17.5 Å². The predicted octanol–water partition coefficient (Wildman–Crippen LogP) is 3.13. The highest BCUT2D eigenvalue weighted by Gasteiger charge is 2.28. The number of rotatable bonds is 3. The molecular weight excluding hydrogens is 376 g/mol. The van der Waals surface area contributed by atoms with Crippen molar-refractivity contribution in [2.75, 3.05) is 49.5 Å². The number of piperazine rings is 1. The number of nitrogens with one attached hydrogen (secondary N) is 1. The summed E-state index contributed by atoms with van der Waals surface area (Å²) in [4.78, 5) is 29.3. The largest absolute Gasteiger partial charge is 0.354 e. The van der Waals surface area contributed by atoms with E-state index in [1.807, 2.05) is 43.9 Å². The minimum atomic E-state index is -0.0552. The van der Waals surface area contributed by atoms with E-state index >= 15 is 0 Å². The van der Waals surface area contributed by atoms with Crippen LogP contribution in [0.4, 0.5) is 16.3 Å². The fourth-order valence-corrected chi connectivity index (χ4v) is 4.43. The Morgan fingerprint density at radius 2 is 1.73 bits per heavy atom. The van der Waals surface area contributed by atoms with Crippen LogP contribution in [0.1, 0.15) is 35.1 Å². The number of benzene rings is 1. The van der Waals surface area contributed by atoms with E-state index in [2.05, 4.69) is 22.0 Å². The van der Waals surface area contributed by atoms with Gasteiger partial charge in [0.2, 0.25) is 0 Å². The number of hydrogen-bond acceptors (Lipinski definition) is 5. The van der Waals surface area contributed by atoms with Gasteiger partial charge in [-0.3, -0.25) is 0 Å². The summed E-state index contributed by atoms with van der Waals surface area (Å²) in [6.45, 7) is 14.6. The third kappa shape index (κ3) is 4.12. The number of anilines is 2. The number of para-hydroxylation sites is 1. The molecule has 4 rings (SSSR count). The summed E-state index contributed by atoms with van der Waals surface area (Å²) in [5.74, 6) is 1.83. The van der Waals surface area contributed by atoms with E-state index in [4.69, 9.17) is 9.97 Å². The number of aryl methyl sites for hydroxylation is 3. The highest BCUT2D eigenvalue weighted by atomic mass is 16.2. The first-order chi connectivity index (χ1) is 14.5. The normalized spacial score (nSPS) is 17.1. The number of carbonyl (C=O) groups is 1. The number of hydrogen-bond donors (Lipinski definition) is 1. The van der Waals surface area contributed by atoms with E-state index in [9.17, 15) is 4.79 Å². The van der Waals surface area contributed by atoms with Gasteiger partial charge in [0.25, 0.3) is 0 Å². The second-order valence-electron chi connectivity index (χ2n) is 8.31. The Bertz CT molecular complexity index is 915. The first-order valence-electron chi connectivity index (χ1n) is 10.9. The molecule has 0 saturated carbocycles. The van der Waals surface area contributed by atoms with Crippen molar-refractivity contribution in [3.05, 3.63) is 46.4 Å². The summed E-state index contributed by atoms with van der Waals surface area (Å²) in [7, 11) is 0. The zero-order valence-electron chi connectivity index (χ0n) is 18.5. The zero-order valence-corrected chi connectivity index (χ0v) is 18.5. The minimum Gasteiger partial charge on any atom is -0.354 e. The van der Waals surface area contributed by atoms with Crippen molar-refractivity contribution in [2.45, 2.75) is 40.7 Å². The first-order valence-corrected chi connectivity index (χ1v) is 10.9. The molecule has 0 unspecified atom stereocenters. The molecule has 0 radical (unpaired) electrons. The highest BCUT2D eigenvalue weighted by molar-refractivity contribution is 5.91. The summed E-state index contributed by atoms with van der Waals surface area (Å²) in [6, 6.07) is 6.01. The lowest BCUT2D eigenvalue weighted by atomic mass is 10.0. The Morgan fingerprint density at radius 3 is 2.40 bits per heavy atom. The number of aromatic nitrogens is 2. The van der Waals surface area contributed by atoms with Crippen molar-refractivity contribution in [1.29, 1.82) is 0 Å². The molecule has 2 amide bonds. The topological polar surface area (TPSA) is 64.6 Å². The van der Waals surface area contributed by atoms with Crippen molar-refractivity contribution in [2.24, 2.45) is 0 Å². The highest BCUT2D eigenvalue weighted by Crippen LogP contribution is 2.28. The summed E-state index contributed by atoms with van der Waals surface area (Å²) in [6.07, 6.45) is 0.765. The van der Waals surface area contributed by atoms with Crippen LogP contribution in [0.3, 0.4) is 0 Å². The maximum Gasteiger partial charge on any atom is 0.322 e. The van der Waals surface area contributed by atoms with Gasteiger partial charge in [-0.15, -0.1) is 0 Å². The Labute approximate surface area is 179 Å². The van der Waals surface area contributed by atoms with Crippen molar-refractivity contribution in [3.63, 3.8) is 0 Å². The lowest BCUT2D eigenvalue weighted by Crippen LogP contribution is -2.47. The smallest absolute Gasteiger partial charge is 0.322 e. The van der Waals surface area contributed by atoms with Crippen LogP contribution >= 0.6 is 0 Å². The molecule has 1 fully saturated rings. The number of urea groups is 1. The molecule has 2 aliphatic heterocycles. The Kier molecular flexibility index (Phi) is 5.90. The maximum atomic E-state index is 13.1. The molecule has 7 heteroatoms. The third-order valence-electron chi connectivity index (χ3n) is 6.27. The molecule has 1 aromatic carbocycles. The van der Waals surface area contributed by atoms with Crippen molar-refractivity contribution in [3.8, 4) is 0 Å². The number of fused-ring (bicyclic) bond motifs is 1. The lowest BCUT2D eigenvalue weighted by molar-refractivity contribution is 0.205. The number of carbonyl (C=O) groups excluding carboxylic acids is 1. The van der Waals surface area contributed by atoms with E-state index in [0.717, 1.165) is 78.9 Å². The number of likely N-dealkylation sites (N-methyl/N-ethyl adjacent to an activating group) is 1. The molecule has 0 bridgehead atoms. The van der Waals surface area contributed by atoms with Gasteiger partial charge in [0.1, 0.15) is 11.6 Å². The summed E-state index contributed by atoms with van der Waals surface area (Å²) >= 11 is 0. The molecule has 0 atom stereocenters. The molecular formula is C23H32N6O. The van der Waals surface area contributed by atoms with Crippen LogP contribution in [0.15, 0.2) is 18.2 Å². The van der Waals surface area contributed by atoms with Crippen LogP contribution in [0.5, 0.6) is 0 Å². The van der Waals surface area contributed by atoms with Crippen molar-refractivity contribution in [1.82, 2.24) is 19.8 Å². The lowest BCUT2D eigenvalue weighted by Gasteiger charge is -2.37. The molecule has 30 heavy (non-hydrogen) atoms. The maximum absolute atomic E-state index is 13.1. The van der Waals surface area contributed by atoms with E-state index in [0.29, 0.717) is 13.1 Å². The minimum absolute atomic E-state index is 0.0552. The summed E-state index contributed by atoms with van der Waals surface area (Å²) in [5.41, 5.74) is 5.26. The molecule has 0 spiro atoms. The van der Waals surface area contributed by atoms with Crippen LogP contribution in [0.25, 0.3) is 0 Å². The summed E-state index contributed by atoms with van der Waals surface area (Å²) < 4.78 is 0. The molecule has 160 valence electrons. The molecule has 0 aliphatic carbocycles. The summed E-state index contributed by atoms with van der Waals surface area (Å²) in [5, 5.41) is 3.13. The Balaban J connectivity index is 1.55. The monoisotopic (exact) mass is 408 g/mol. The quantitative estimate of drug-likeness (QED) is 0.845. The molecule has 1 N–H and O–H groups in total. The molecule has 1 aromatic heterocycles. The van der Waals surface area contributed by atoms with Crippen LogP contribution in [0, 0.1) is 20.8 Å². The van der Waals surface area contributed by atoms with E-state index in [1.54, 1.807) is 0 Å². The molecule has 2 aromatic rings. The third-order valence-corrected chi connectivity index (χ3v) is 6.27. The fourth-order valence-electron chi connectivity index (χ4n) is 4.43. The van der Waals surface area contributed by atoms with Gasteiger partial charge in [-0.1, -0.05) is 25.1 Å². The van der Waals surface area contributed by atoms with Crippen molar-refractivity contribution < 1.29 is 4.79 Å². The second-order valence-corrected chi connectivity index (χ2v) is 8.31. The second kappa shape index (κ2) is 8.60. The number of amides is 2. The Morgan fingerprint density at radius 1 is 1.03 bits per heavy atom. The first kappa shape index (κ1) is 20.6. The van der Waals surface area contributed by atoms with Crippen LogP contribution in [-0.4, -0.2) is 65.1 Å². The van der Waals surface area contributed by atoms with Gasteiger partial charge in [-0.05, 0) is 38.4 Å². The Hall–Kier alpha value is -2.67.